The topological polar surface area (TPSA) is 54.5 Å². The fourth-order valence-corrected chi connectivity index (χ4v) is 2.26. The Morgan fingerprint density at radius 3 is 2.58 bits per heavy atom. The van der Waals surface area contributed by atoms with Crippen LogP contribution in [0.1, 0.15) is 42.6 Å². The van der Waals surface area contributed by atoms with E-state index < -0.39 is 11.7 Å². The molecule has 2 rings (SSSR count). The molecule has 0 aromatic heterocycles. The van der Waals surface area contributed by atoms with Crippen LogP contribution in [0, 0.1) is 0 Å². The molecule has 0 bridgehead atoms. The zero-order chi connectivity index (χ0) is 14.0. The fourth-order valence-electron chi connectivity index (χ4n) is 2.26. The summed E-state index contributed by atoms with van der Waals surface area (Å²) < 4.78 is 0. The monoisotopic (exact) mass is 259 g/mol. The van der Waals surface area contributed by atoms with Gasteiger partial charge in [-0.1, -0.05) is 19.9 Å². The van der Waals surface area contributed by atoms with Gasteiger partial charge in [-0.15, -0.1) is 0 Å². The zero-order valence-corrected chi connectivity index (χ0v) is 11.2. The minimum atomic E-state index is -0.590. The first-order valence-corrected chi connectivity index (χ1v) is 6.59. The smallest absolute Gasteiger partial charge is 0.298 e. The number of rotatable bonds is 5. The van der Waals surface area contributed by atoms with Crippen molar-refractivity contribution in [3.05, 3.63) is 29.3 Å². The van der Waals surface area contributed by atoms with Gasteiger partial charge in [-0.2, -0.15) is 0 Å². The number of carbonyl (C=O) groups is 3. The number of Topliss-reactive ketones (excluding diaryl/α,β-unsaturated/α-hetero) is 2. The molecule has 0 spiro atoms. The molecular formula is C15H17NO3. The molecule has 0 unspecified atom stereocenters. The van der Waals surface area contributed by atoms with Crippen molar-refractivity contribution in [1.82, 2.24) is 0 Å². The molecule has 1 aliphatic heterocycles. The Morgan fingerprint density at radius 2 is 1.95 bits per heavy atom. The third-order valence-electron chi connectivity index (χ3n) is 3.31. The van der Waals surface area contributed by atoms with Crippen molar-refractivity contribution in [2.45, 2.75) is 33.1 Å². The maximum atomic E-state index is 11.9. The molecule has 0 saturated carbocycles. The minimum Gasteiger partial charge on any atom is -0.298 e. The van der Waals surface area contributed by atoms with Crippen molar-refractivity contribution in [3.8, 4) is 0 Å². The Hall–Kier alpha value is -1.97. The zero-order valence-electron chi connectivity index (χ0n) is 11.2. The highest BCUT2D eigenvalue weighted by atomic mass is 16.2. The number of hydrogen-bond acceptors (Lipinski definition) is 3. The molecule has 0 N–H and O–H groups in total. The molecule has 4 heteroatoms. The average Bonchev–Trinajstić information content (AvgIpc) is 2.64. The predicted octanol–water partition coefficient (Wildman–Crippen LogP) is 2.15. The number of carbonyl (C=O) groups excluding carboxylic acids is 3. The van der Waals surface area contributed by atoms with E-state index in [-0.39, 0.29) is 12.3 Å². The highest BCUT2D eigenvalue weighted by Gasteiger charge is 2.36. The molecule has 4 nitrogen and oxygen atoms in total. The third-order valence-corrected chi connectivity index (χ3v) is 3.31. The summed E-state index contributed by atoms with van der Waals surface area (Å²) >= 11 is 0. The van der Waals surface area contributed by atoms with Crippen LogP contribution in [-0.2, 0) is 16.0 Å². The first-order chi connectivity index (χ1) is 9.08. The van der Waals surface area contributed by atoms with Gasteiger partial charge in [-0.05, 0) is 30.5 Å². The van der Waals surface area contributed by atoms with E-state index in [9.17, 15) is 14.4 Å². The van der Waals surface area contributed by atoms with E-state index in [0.29, 0.717) is 17.7 Å². The summed E-state index contributed by atoms with van der Waals surface area (Å²) in [5, 5.41) is 0. The van der Waals surface area contributed by atoms with Crippen LogP contribution in [0.5, 0.6) is 0 Å². The molecule has 1 amide bonds. The van der Waals surface area contributed by atoms with E-state index in [1.165, 1.54) is 4.90 Å². The van der Waals surface area contributed by atoms with Crippen molar-refractivity contribution < 1.29 is 14.4 Å². The molecule has 0 saturated heterocycles. The standard InChI is InChI=1S/C15H17NO3/c1-3-5-11(17)9-16-13-7-6-10(4-2)8-12(13)14(18)15(16)19/h6-8H,3-5,9H2,1-2H3. The van der Waals surface area contributed by atoms with E-state index in [2.05, 4.69) is 0 Å². The highest BCUT2D eigenvalue weighted by molar-refractivity contribution is 6.52. The average molecular weight is 259 g/mol. The number of benzene rings is 1. The summed E-state index contributed by atoms with van der Waals surface area (Å²) in [7, 11) is 0. The number of amides is 1. The van der Waals surface area contributed by atoms with Crippen molar-refractivity contribution >= 4 is 23.2 Å². The Morgan fingerprint density at radius 1 is 1.21 bits per heavy atom. The van der Waals surface area contributed by atoms with Gasteiger partial charge in [0.2, 0.25) is 0 Å². The van der Waals surface area contributed by atoms with Crippen LogP contribution < -0.4 is 4.90 Å². The SMILES string of the molecule is CCCC(=O)CN1C(=O)C(=O)c2cc(CC)ccc21. The van der Waals surface area contributed by atoms with Crippen LogP contribution >= 0.6 is 0 Å². The predicted molar refractivity (Wildman–Crippen MR) is 72.4 cm³/mol. The second-order valence-electron chi connectivity index (χ2n) is 4.71. The minimum absolute atomic E-state index is 0.00309. The molecule has 1 aliphatic rings. The quantitative estimate of drug-likeness (QED) is 0.761. The molecule has 19 heavy (non-hydrogen) atoms. The van der Waals surface area contributed by atoms with Crippen molar-refractivity contribution in [2.75, 3.05) is 11.4 Å². The lowest BCUT2D eigenvalue weighted by molar-refractivity contribution is -0.120. The molecule has 0 radical (unpaired) electrons. The summed E-state index contributed by atoms with van der Waals surface area (Å²) in [4.78, 5) is 36.8. The lowest BCUT2D eigenvalue weighted by atomic mass is 10.1. The van der Waals surface area contributed by atoms with Gasteiger partial charge in [-0.25, -0.2) is 0 Å². The van der Waals surface area contributed by atoms with Crippen LogP contribution in [0.4, 0.5) is 5.69 Å². The molecule has 1 aromatic rings. The summed E-state index contributed by atoms with van der Waals surface area (Å²) in [6, 6.07) is 5.40. The number of hydrogen-bond donors (Lipinski definition) is 0. The summed E-state index contributed by atoms with van der Waals surface area (Å²) in [5.74, 6) is -1.11. The van der Waals surface area contributed by atoms with E-state index in [1.54, 1.807) is 12.1 Å². The van der Waals surface area contributed by atoms with Crippen LogP contribution in [0.3, 0.4) is 0 Å². The summed E-state index contributed by atoms with van der Waals surface area (Å²) in [6.07, 6.45) is 1.99. The molecule has 0 atom stereocenters. The van der Waals surface area contributed by atoms with Crippen molar-refractivity contribution in [3.63, 3.8) is 0 Å². The van der Waals surface area contributed by atoms with Crippen LogP contribution in [0.2, 0.25) is 0 Å². The highest BCUT2D eigenvalue weighted by Crippen LogP contribution is 2.29. The van der Waals surface area contributed by atoms with Gasteiger partial charge >= 0.3 is 0 Å². The van der Waals surface area contributed by atoms with Gasteiger partial charge in [0.05, 0.1) is 17.8 Å². The molecule has 1 heterocycles. The molecular weight excluding hydrogens is 242 g/mol. The third kappa shape index (κ3) is 2.43. The Balaban J connectivity index is 2.31. The van der Waals surface area contributed by atoms with Gasteiger partial charge in [0.25, 0.3) is 11.7 Å². The molecule has 0 fully saturated rings. The van der Waals surface area contributed by atoms with Gasteiger partial charge < -0.3 is 0 Å². The summed E-state index contributed by atoms with van der Waals surface area (Å²) in [6.45, 7) is 3.90. The normalized spacial score (nSPS) is 13.9. The van der Waals surface area contributed by atoms with Gasteiger partial charge in [-0.3, -0.25) is 19.3 Å². The molecule has 100 valence electrons. The Labute approximate surface area is 112 Å². The first-order valence-electron chi connectivity index (χ1n) is 6.59. The first kappa shape index (κ1) is 13.5. The van der Waals surface area contributed by atoms with Crippen LogP contribution in [0.25, 0.3) is 0 Å². The van der Waals surface area contributed by atoms with E-state index in [4.69, 9.17) is 0 Å². The van der Waals surface area contributed by atoms with E-state index >= 15 is 0 Å². The molecule has 0 aliphatic carbocycles. The van der Waals surface area contributed by atoms with Crippen molar-refractivity contribution in [2.24, 2.45) is 0 Å². The lowest BCUT2D eigenvalue weighted by Gasteiger charge is -2.15. The van der Waals surface area contributed by atoms with Gasteiger partial charge in [0, 0.05) is 6.42 Å². The maximum Gasteiger partial charge on any atom is 0.299 e. The summed E-state index contributed by atoms with van der Waals surface area (Å²) in [5.41, 5.74) is 2.01. The number of fused-ring (bicyclic) bond motifs is 1. The van der Waals surface area contributed by atoms with Crippen LogP contribution in [0.15, 0.2) is 18.2 Å². The number of aryl methyl sites for hydroxylation is 1. The Bertz CT molecular complexity index is 548. The van der Waals surface area contributed by atoms with Gasteiger partial charge in [0.1, 0.15) is 0 Å². The number of ketones is 2. The fraction of sp³-hybridized carbons (Fsp3) is 0.400. The van der Waals surface area contributed by atoms with E-state index in [1.807, 2.05) is 19.9 Å². The van der Waals surface area contributed by atoms with E-state index in [0.717, 1.165) is 18.4 Å². The second-order valence-corrected chi connectivity index (χ2v) is 4.71. The lowest BCUT2D eigenvalue weighted by Crippen LogP contribution is -2.34. The number of nitrogens with zero attached hydrogens (tertiary/aromatic N) is 1. The van der Waals surface area contributed by atoms with Crippen molar-refractivity contribution in [1.29, 1.82) is 0 Å². The van der Waals surface area contributed by atoms with Gasteiger partial charge in [0.15, 0.2) is 5.78 Å². The molecule has 1 aromatic carbocycles. The van der Waals surface area contributed by atoms with Crippen LogP contribution in [-0.4, -0.2) is 24.0 Å². The Kier molecular flexibility index (Phi) is 3.79. The maximum absolute atomic E-state index is 11.9. The number of anilines is 1. The second kappa shape index (κ2) is 5.34. The largest absolute Gasteiger partial charge is 0.299 e.